The van der Waals surface area contributed by atoms with Gasteiger partial charge in [0, 0.05) is 24.5 Å². The summed E-state index contributed by atoms with van der Waals surface area (Å²) in [5.41, 5.74) is 1.22. The van der Waals surface area contributed by atoms with Gasteiger partial charge in [-0.2, -0.15) is 0 Å². The highest BCUT2D eigenvalue weighted by Gasteiger charge is 2.23. The summed E-state index contributed by atoms with van der Waals surface area (Å²) in [5.74, 6) is -0.254. The van der Waals surface area contributed by atoms with Crippen LogP contribution in [0.25, 0.3) is 6.08 Å². The van der Waals surface area contributed by atoms with Crippen molar-refractivity contribution in [2.24, 2.45) is 4.99 Å². The quantitative estimate of drug-likeness (QED) is 0.531. The Morgan fingerprint density at radius 2 is 2.04 bits per heavy atom. The number of amides is 1. The first-order valence-corrected chi connectivity index (χ1v) is 7.37. The molecule has 0 spiro atoms. The zero-order valence-electron chi connectivity index (χ0n) is 11.7. The number of amidine groups is 1. The summed E-state index contributed by atoms with van der Waals surface area (Å²) in [4.78, 5) is 30.9. The predicted molar refractivity (Wildman–Crippen MR) is 88.1 cm³/mol. The van der Waals surface area contributed by atoms with Gasteiger partial charge < -0.3 is 5.32 Å². The summed E-state index contributed by atoms with van der Waals surface area (Å²) in [6.45, 7) is 0. The second-order valence-electron chi connectivity index (χ2n) is 4.54. The Hall–Kier alpha value is -3.00. The molecule has 2 heterocycles. The summed E-state index contributed by atoms with van der Waals surface area (Å²) in [5, 5.41) is 13.8. The number of aromatic nitrogens is 1. The minimum atomic E-state index is -0.487. The summed E-state index contributed by atoms with van der Waals surface area (Å²) >= 11 is 1.18. The third-order valence-electron chi connectivity index (χ3n) is 2.93. The third kappa shape index (κ3) is 3.61. The van der Waals surface area contributed by atoms with Crippen molar-refractivity contribution >= 4 is 40.3 Å². The van der Waals surface area contributed by atoms with Crippen LogP contribution in [0.5, 0.6) is 0 Å². The van der Waals surface area contributed by atoms with E-state index in [0.717, 1.165) is 5.56 Å². The maximum atomic E-state index is 11.9. The van der Waals surface area contributed by atoms with Crippen LogP contribution in [0.2, 0.25) is 0 Å². The molecular formula is C15H10N4O3S. The summed E-state index contributed by atoms with van der Waals surface area (Å²) in [7, 11) is 0. The zero-order chi connectivity index (χ0) is 16.2. The fourth-order valence-corrected chi connectivity index (χ4v) is 2.73. The van der Waals surface area contributed by atoms with Crippen molar-refractivity contribution in [2.75, 3.05) is 0 Å². The molecule has 1 saturated heterocycles. The minimum absolute atomic E-state index is 0.0475. The van der Waals surface area contributed by atoms with E-state index in [2.05, 4.69) is 15.3 Å². The number of nitrogens with zero attached hydrogens (tertiary/aromatic N) is 3. The van der Waals surface area contributed by atoms with Gasteiger partial charge in [0.1, 0.15) is 0 Å². The number of nitrogens with one attached hydrogen (secondary N) is 1. The van der Waals surface area contributed by atoms with Crippen molar-refractivity contribution in [3.63, 3.8) is 0 Å². The fraction of sp³-hybridized carbons (Fsp3) is 0. The number of benzene rings is 1. The van der Waals surface area contributed by atoms with Crippen LogP contribution in [0.3, 0.4) is 0 Å². The highest BCUT2D eigenvalue weighted by molar-refractivity contribution is 8.18. The number of thioether (sulfide) groups is 1. The largest absolute Gasteiger partial charge is 0.300 e. The van der Waals surface area contributed by atoms with Gasteiger partial charge in [-0.3, -0.25) is 19.9 Å². The van der Waals surface area contributed by atoms with Gasteiger partial charge in [0.05, 0.1) is 15.5 Å². The van der Waals surface area contributed by atoms with Crippen molar-refractivity contribution in [2.45, 2.75) is 0 Å². The van der Waals surface area contributed by atoms with Gasteiger partial charge >= 0.3 is 0 Å². The molecule has 8 heteroatoms. The summed E-state index contributed by atoms with van der Waals surface area (Å²) in [6.07, 6.45) is 5.02. The molecule has 1 aromatic carbocycles. The van der Waals surface area contributed by atoms with Gasteiger partial charge in [0.25, 0.3) is 11.6 Å². The SMILES string of the molecule is O=C1NC(=Nc2cccc([N+](=O)[O-])c2)S/C1=C\c1ccncc1. The molecule has 1 aliphatic heterocycles. The van der Waals surface area contributed by atoms with Gasteiger partial charge in [-0.15, -0.1) is 0 Å². The number of hydrogen-bond donors (Lipinski definition) is 1. The molecule has 0 atom stereocenters. The number of non-ortho nitro benzene ring substituents is 1. The molecule has 7 nitrogen and oxygen atoms in total. The third-order valence-corrected chi connectivity index (χ3v) is 3.84. The molecule has 1 amide bonds. The highest BCUT2D eigenvalue weighted by atomic mass is 32.2. The van der Waals surface area contributed by atoms with Crippen molar-refractivity contribution in [1.82, 2.24) is 10.3 Å². The molecule has 1 aromatic heterocycles. The molecule has 0 unspecified atom stereocenters. The number of nitro benzene ring substituents is 1. The predicted octanol–water partition coefficient (Wildman–Crippen LogP) is 2.88. The van der Waals surface area contributed by atoms with Gasteiger partial charge in [0.2, 0.25) is 0 Å². The number of carbonyl (C=O) groups excluding carboxylic acids is 1. The maximum absolute atomic E-state index is 11.9. The first-order chi connectivity index (χ1) is 11.1. The first kappa shape index (κ1) is 14.9. The maximum Gasteiger partial charge on any atom is 0.271 e. The van der Waals surface area contributed by atoms with E-state index in [9.17, 15) is 14.9 Å². The molecule has 2 aromatic rings. The zero-order valence-corrected chi connectivity index (χ0v) is 12.5. The number of nitro groups is 1. The molecule has 0 aliphatic carbocycles. The number of aliphatic imine (C=N–C) groups is 1. The monoisotopic (exact) mass is 326 g/mol. The van der Waals surface area contributed by atoms with E-state index >= 15 is 0 Å². The molecule has 3 rings (SSSR count). The molecular weight excluding hydrogens is 316 g/mol. The molecule has 23 heavy (non-hydrogen) atoms. The Bertz CT molecular complexity index is 834. The van der Waals surface area contributed by atoms with E-state index in [1.807, 2.05) is 0 Å². The van der Waals surface area contributed by atoms with Gasteiger partial charge in [-0.1, -0.05) is 6.07 Å². The molecule has 0 saturated carbocycles. The number of hydrogen-bond acceptors (Lipinski definition) is 6. The normalized spacial score (nSPS) is 17.5. The Morgan fingerprint density at radius 1 is 1.26 bits per heavy atom. The summed E-state index contributed by atoms with van der Waals surface area (Å²) in [6, 6.07) is 9.50. The van der Waals surface area contributed by atoms with Crippen LogP contribution in [0.1, 0.15) is 5.56 Å². The van der Waals surface area contributed by atoms with Crippen LogP contribution in [-0.2, 0) is 4.79 Å². The molecule has 1 aliphatic rings. The van der Waals surface area contributed by atoms with Crippen LogP contribution < -0.4 is 5.32 Å². The molecule has 114 valence electrons. The molecule has 0 radical (unpaired) electrons. The van der Waals surface area contributed by atoms with Crippen molar-refractivity contribution in [3.8, 4) is 0 Å². The Balaban J connectivity index is 1.83. The van der Waals surface area contributed by atoms with Crippen molar-refractivity contribution < 1.29 is 9.72 Å². The van der Waals surface area contributed by atoms with E-state index in [-0.39, 0.29) is 11.6 Å². The van der Waals surface area contributed by atoms with Crippen LogP contribution in [0.4, 0.5) is 11.4 Å². The Labute approximate surface area is 135 Å². The Morgan fingerprint density at radius 3 is 2.78 bits per heavy atom. The van der Waals surface area contributed by atoms with E-state index in [0.29, 0.717) is 15.8 Å². The highest BCUT2D eigenvalue weighted by Crippen LogP contribution is 2.28. The van der Waals surface area contributed by atoms with Gasteiger partial charge in [-0.25, -0.2) is 4.99 Å². The van der Waals surface area contributed by atoms with Crippen molar-refractivity contribution in [3.05, 3.63) is 69.4 Å². The smallest absolute Gasteiger partial charge is 0.271 e. The van der Waals surface area contributed by atoms with E-state index < -0.39 is 4.92 Å². The molecule has 0 bridgehead atoms. The van der Waals surface area contributed by atoms with E-state index in [1.54, 1.807) is 42.7 Å². The number of carbonyl (C=O) groups is 1. The topological polar surface area (TPSA) is 97.5 Å². The minimum Gasteiger partial charge on any atom is -0.300 e. The van der Waals surface area contributed by atoms with Gasteiger partial charge in [0.15, 0.2) is 5.17 Å². The standard InChI is InChI=1S/C15H10N4O3S/c20-14-13(8-10-4-6-16-7-5-10)23-15(18-14)17-11-2-1-3-12(9-11)19(21)22/h1-9H,(H,17,18,20)/b13-8-. The fourth-order valence-electron chi connectivity index (χ4n) is 1.88. The average molecular weight is 326 g/mol. The van der Waals surface area contributed by atoms with E-state index in [1.165, 1.54) is 23.9 Å². The van der Waals surface area contributed by atoms with Crippen LogP contribution in [-0.4, -0.2) is 21.0 Å². The van der Waals surface area contributed by atoms with Crippen molar-refractivity contribution in [1.29, 1.82) is 0 Å². The van der Waals surface area contributed by atoms with Crippen LogP contribution in [0.15, 0.2) is 58.7 Å². The molecule has 1 fully saturated rings. The average Bonchev–Trinajstić information content (AvgIpc) is 2.88. The molecule has 1 N–H and O–H groups in total. The number of pyridine rings is 1. The number of rotatable bonds is 3. The van der Waals surface area contributed by atoms with Gasteiger partial charge in [-0.05, 0) is 41.6 Å². The second-order valence-corrected chi connectivity index (χ2v) is 5.57. The lowest BCUT2D eigenvalue weighted by Gasteiger charge is -1.96. The first-order valence-electron chi connectivity index (χ1n) is 6.56. The van der Waals surface area contributed by atoms with Crippen LogP contribution >= 0.6 is 11.8 Å². The van der Waals surface area contributed by atoms with Crippen LogP contribution in [0, 0.1) is 10.1 Å². The van der Waals surface area contributed by atoms with E-state index in [4.69, 9.17) is 0 Å². The Kier molecular flexibility index (Phi) is 4.15. The summed E-state index contributed by atoms with van der Waals surface area (Å²) < 4.78 is 0. The lowest BCUT2D eigenvalue weighted by Crippen LogP contribution is -2.19. The lowest BCUT2D eigenvalue weighted by molar-refractivity contribution is -0.384. The lowest BCUT2D eigenvalue weighted by atomic mass is 10.2. The second kappa shape index (κ2) is 6.41.